The van der Waals surface area contributed by atoms with Crippen molar-refractivity contribution in [3.63, 3.8) is 0 Å². The molecular weight excluding hydrogens is 146 g/mol. The molecule has 5 nitrogen and oxygen atoms in total. The third-order valence-corrected chi connectivity index (χ3v) is 1.05. The Labute approximate surface area is 63.5 Å². The van der Waals surface area contributed by atoms with Crippen LogP contribution in [-0.2, 0) is 0 Å². The smallest absolute Gasteiger partial charge is 0.266 e. The van der Waals surface area contributed by atoms with Crippen LogP contribution < -0.4 is 11.3 Å². The fourth-order valence-electron chi connectivity index (χ4n) is 0.580. The van der Waals surface area contributed by atoms with Crippen molar-refractivity contribution in [3.05, 3.63) is 30.1 Å². The maximum absolute atomic E-state index is 10.7. The SMILES string of the molecule is NNC(=O)c1cccnc1.O. The third-order valence-electron chi connectivity index (χ3n) is 1.05. The Bertz CT molecular complexity index is 225. The van der Waals surface area contributed by atoms with Gasteiger partial charge < -0.3 is 5.48 Å². The average Bonchev–Trinajstić information content (AvgIpc) is 2.05. The van der Waals surface area contributed by atoms with Gasteiger partial charge >= 0.3 is 0 Å². The van der Waals surface area contributed by atoms with Gasteiger partial charge in [-0.25, -0.2) is 5.84 Å². The normalized spacial score (nSPS) is 8.09. The monoisotopic (exact) mass is 155 g/mol. The first-order chi connectivity index (χ1) is 4.84. The standard InChI is InChI=1S/C6H7N3O.H2O/c7-9-6(10)5-2-1-3-8-4-5;/h1-4H,7H2,(H,9,10);1H2. The molecule has 0 aromatic carbocycles. The lowest BCUT2D eigenvalue weighted by molar-refractivity contribution is 0.0953. The van der Waals surface area contributed by atoms with Gasteiger partial charge in [0.05, 0.1) is 5.56 Å². The molecule has 0 aliphatic heterocycles. The van der Waals surface area contributed by atoms with Gasteiger partial charge in [0, 0.05) is 12.4 Å². The van der Waals surface area contributed by atoms with E-state index in [1.165, 1.54) is 6.20 Å². The lowest BCUT2D eigenvalue weighted by Gasteiger charge is -1.95. The van der Waals surface area contributed by atoms with Crippen LogP contribution in [0, 0.1) is 0 Å². The predicted octanol–water partition coefficient (Wildman–Crippen LogP) is -1.14. The number of amides is 1. The zero-order chi connectivity index (χ0) is 7.40. The Kier molecular flexibility index (Phi) is 3.79. The number of rotatable bonds is 1. The van der Waals surface area contributed by atoms with E-state index in [-0.39, 0.29) is 11.4 Å². The summed E-state index contributed by atoms with van der Waals surface area (Å²) in [5.74, 6) is 4.55. The van der Waals surface area contributed by atoms with E-state index in [1.54, 1.807) is 18.3 Å². The van der Waals surface area contributed by atoms with E-state index in [4.69, 9.17) is 5.84 Å². The number of nitrogens with one attached hydrogen (secondary N) is 1. The number of carbonyl (C=O) groups is 1. The number of nitrogens with two attached hydrogens (primary N) is 1. The highest BCUT2D eigenvalue weighted by Gasteiger charge is 1.99. The number of pyridine rings is 1. The van der Waals surface area contributed by atoms with Crippen LogP contribution in [0.1, 0.15) is 10.4 Å². The second-order valence-electron chi connectivity index (χ2n) is 1.72. The van der Waals surface area contributed by atoms with Gasteiger partial charge in [-0.1, -0.05) is 0 Å². The second kappa shape index (κ2) is 4.37. The minimum atomic E-state index is -0.326. The Morgan fingerprint density at radius 2 is 2.36 bits per heavy atom. The van der Waals surface area contributed by atoms with E-state index in [2.05, 4.69) is 4.98 Å². The molecule has 1 rings (SSSR count). The highest BCUT2D eigenvalue weighted by atomic mass is 16.2. The highest BCUT2D eigenvalue weighted by molar-refractivity contribution is 5.93. The molecule has 11 heavy (non-hydrogen) atoms. The number of aromatic nitrogens is 1. The quantitative estimate of drug-likeness (QED) is 0.304. The first-order valence-corrected chi connectivity index (χ1v) is 2.75. The first kappa shape index (κ1) is 9.54. The molecule has 1 amide bonds. The number of nitrogen functional groups attached to an aromatic ring is 1. The summed E-state index contributed by atoms with van der Waals surface area (Å²) in [6.45, 7) is 0. The zero-order valence-electron chi connectivity index (χ0n) is 5.74. The van der Waals surface area contributed by atoms with E-state index >= 15 is 0 Å². The summed E-state index contributed by atoms with van der Waals surface area (Å²) in [5.41, 5.74) is 2.47. The maximum Gasteiger partial charge on any atom is 0.266 e. The fraction of sp³-hybridized carbons (Fsp3) is 0. The van der Waals surface area contributed by atoms with Crippen molar-refractivity contribution in [3.8, 4) is 0 Å². The maximum atomic E-state index is 10.7. The van der Waals surface area contributed by atoms with Crippen molar-refractivity contribution in [2.24, 2.45) is 5.84 Å². The topological polar surface area (TPSA) is 99.5 Å². The third kappa shape index (κ3) is 2.32. The lowest BCUT2D eigenvalue weighted by Crippen LogP contribution is -2.29. The largest absolute Gasteiger partial charge is 0.412 e. The summed E-state index contributed by atoms with van der Waals surface area (Å²) >= 11 is 0. The van der Waals surface area contributed by atoms with Crippen LogP contribution in [0.4, 0.5) is 0 Å². The van der Waals surface area contributed by atoms with Crippen molar-refractivity contribution >= 4 is 5.91 Å². The van der Waals surface area contributed by atoms with E-state index in [0.717, 1.165) is 0 Å². The van der Waals surface area contributed by atoms with E-state index in [9.17, 15) is 4.79 Å². The first-order valence-electron chi connectivity index (χ1n) is 2.75. The van der Waals surface area contributed by atoms with Crippen molar-refractivity contribution in [1.29, 1.82) is 0 Å². The highest BCUT2D eigenvalue weighted by Crippen LogP contribution is 1.92. The number of hydrogen-bond donors (Lipinski definition) is 2. The summed E-state index contributed by atoms with van der Waals surface area (Å²) in [4.78, 5) is 14.5. The number of nitrogens with zero attached hydrogens (tertiary/aromatic N) is 1. The summed E-state index contributed by atoms with van der Waals surface area (Å²) in [6.07, 6.45) is 3.04. The van der Waals surface area contributed by atoms with Crippen LogP contribution in [0.2, 0.25) is 0 Å². The molecule has 0 saturated carbocycles. The summed E-state index contributed by atoms with van der Waals surface area (Å²) in [5, 5.41) is 0. The summed E-state index contributed by atoms with van der Waals surface area (Å²) in [6, 6.07) is 3.31. The van der Waals surface area contributed by atoms with E-state index < -0.39 is 0 Å². The van der Waals surface area contributed by atoms with Crippen LogP contribution in [0.25, 0.3) is 0 Å². The molecule has 1 aromatic rings. The fourth-order valence-corrected chi connectivity index (χ4v) is 0.580. The molecule has 1 heterocycles. The number of hydrogen-bond acceptors (Lipinski definition) is 3. The van der Waals surface area contributed by atoms with Gasteiger partial charge in [0.15, 0.2) is 0 Å². The van der Waals surface area contributed by atoms with Crippen LogP contribution in [0.5, 0.6) is 0 Å². The Hall–Kier alpha value is -1.46. The van der Waals surface area contributed by atoms with Gasteiger partial charge in [0.2, 0.25) is 0 Å². The molecule has 0 aliphatic carbocycles. The molecule has 5 N–H and O–H groups in total. The molecule has 5 heteroatoms. The minimum absolute atomic E-state index is 0. The molecule has 1 aromatic heterocycles. The number of hydrazine groups is 1. The van der Waals surface area contributed by atoms with Crippen molar-refractivity contribution in [1.82, 2.24) is 10.4 Å². The second-order valence-corrected chi connectivity index (χ2v) is 1.72. The molecule has 0 bridgehead atoms. The van der Waals surface area contributed by atoms with Crippen molar-refractivity contribution < 1.29 is 10.3 Å². The van der Waals surface area contributed by atoms with Gasteiger partial charge in [-0.15, -0.1) is 0 Å². The summed E-state index contributed by atoms with van der Waals surface area (Å²) < 4.78 is 0. The average molecular weight is 155 g/mol. The summed E-state index contributed by atoms with van der Waals surface area (Å²) in [7, 11) is 0. The molecule has 0 unspecified atom stereocenters. The molecule has 0 spiro atoms. The predicted molar refractivity (Wildman–Crippen MR) is 39.5 cm³/mol. The molecule has 0 saturated heterocycles. The van der Waals surface area contributed by atoms with Gasteiger partial charge in [0.25, 0.3) is 5.91 Å². The van der Waals surface area contributed by atoms with E-state index in [0.29, 0.717) is 5.56 Å². The van der Waals surface area contributed by atoms with Crippen molar-refractivity contribution in [2.45, 2.75) is 0 Å². The van der Waals surface area contributed by atoms with Crippen LogP contribution in [0.3, 0.4) is 0 Å². The molecule has 0 radical (unpaired) electrons. The molecule has 0 fully saturated rings. The lowest BCUT2D eigenvalue weighted by atomic mass is 10.3. The van der Waals surface area contributed by atoms with Crippen LogP contribution >= 0.6 is 0 Å². The van der Waals surface area contributed by atoms with Gasteiger partial charge in [0.1, 0.15) is 0 Å². The molecule has 60 valence electrons. The van der Waals surface area contributed by atoms with E-state index in [1.807, 2.05) is 5.43 Å². The molecule has 0 aliphatic rings. The number of carbonyl (C=O) groups excluding carboxylic acids is 1. The van der Waals surface area contributed by atoms with Gasteiger partial charge in [-0.05, 0) is 12.1 Å². The van der Waals surface area contributed by atoms with Crippen LogP contribution in [-0.4, -0.2) is 16.4 Å². The minimum Gasteiger partial charge on any atom is -0.412 e. The van der Waals surface area contributed by atoms with Crippen LogP contribution in [0.15, 0.2) is 24.5 Å². The van der Waals surface area contributed by atoms with Gasteiger partial charge in [-0.2, -0.15) is 0 Å². The zero-order valence-corrected chi connectivity index (χ0v) is 5.74. The van der Waals surface area contributed by atoms with Crippen molar-refractivity contribution in [2.75, 3.05) is 0 Å². The Morgan fingerprint density at radius 1 is 1.64 bits per heavy atom. The molecular formula is C6H9N3O2. The molecule has 0 atom stereocenters. The Balaban J connectivity index is 0.000001000. The Morgan fingerprint density at radius 3 is 2.82 bits per heavy atom. The van der Waals surface area contributed by atoms with Gasteiger partial charge in [-0.3, -0.25) is 15.2 Å².